The molecule has 5 aromatic rings. The summed E-state index contributed by atoms with van der Waals surface area (Å²) < 4.78 is 31.5. The Bertz CT molecular complexity index is 1850. The van der Waals surface area contributed by atoms with Crippen molar-refractivity contribution in [1.29, 1.82) is 5.26 Å². The van der Waals surface area contributed by atoms with Crippen LogP contribution in [0.25, 0.3) is 15.9 Å². The standard InChI is InChI=1S/C25H17F2N7O2S/c1-13-5-17(11-29-10-13)34-24(35)32-23(31-20-8-22-21(7-19(20)27)30-14(2)37-22)33(25(34)36)12-15-3-4-18(26)16(6-15)9-28/h3-8,10-11H,12H2,1-2H3,(H,31,32,35). The van der Waals surface area contributed by atoms with Crippen LogP contribution in [-0.2, 0) is 6.54 Å². The lowest BCUT2D eigenvalue weighted by atomic mass is 10.1. The fourth-order valence-electron chi connectivity index (χ4n) is 3.83. The van der Waals surface area contributed by atoms with Gasteiger partial charge in [-0.15, -0.1) is 11.3 Å². The van der Waals surface area contributed by atoms with E-state index in [9.17, 15) is 23.6 Å². The summed E-state index contributed by atoms with van der Waals surface area (Å²) in [4.78, 5) is 38.9. The summed E-state index contributed by atoms with van der Waals surface area (Å²) in [5.74, 6) is -1.59. The zero-order valence-corrected chi connectivity index (χ0v) is 20.3. The highest BCUT2D eigenvalue weighted by Gasteiger charge is 2.18. The zero-order chi connectivity index (χ0) is 26.3. The highest BCUT2D eigenvalue weighted by atomic mass is 32.1. The lowest BCUT2D eigenvalue weighted by Gasteiger charge is -2.16. The average molecular weight is 518 g/mol. The van der Waals surface area contributed by atoms with Crippen LogP contribution in [0.4, 0.5) is 20.4 Å². The van der Waals surface area contributed by atoms with Crippen molar-refractivity contribution in [2.45, 2.75) is 20.4 Å². The van der Waals surface area contributed by atoms with E-state index in [1.807, 2.05) is 0 Å². The molecule has 2 aromatic carbocycles. The molecule has 5 rings (SSSR count). The van der Waals surface area contributed by atoms with Crippen molar-refractivity contribution >= 4 is 33.2 Å². The number of aryl methyl sites for hydroxylation is 2. The van der Waals surface area contributed by atoms with Gasteiger partial charge < -0.3 is 5.32 Å². The van der Waals surface area contributed by atoms with E-state index in [1.165, 1.54) is 41.8 Å². The van der Waals surface area contributed by atoms with E-state index in [-0.39, 0.29) is 29.4 Å². The highest BCUT2D eigenvalue weighted by molar-refractivity contribution is 7.18. The first-order chi connectivity index (χ1) is 17.7. The van der Waals surface area contributed by atoms with E-state index in [2.05, 4.69) is 20.3 Å². The molecule has 0 unspecified atom stereocenters. The number of hydrogen-bond acceptors (Lipinski definition) is 8. The van der Waals surface area contributed by atoms with Crippen molar-refractivity contribution in [2.75, 3.05) is 5.32 Å². The van der Waals surface area contributed by atoms with Gasteiger partial charge in [-0.3, -0.25) is 9.55 Å². The summed E-state index contributed by atoms with van der Waals surface area (Å²) in [7, 11) is 0. The fourth-order valence-corrected chi connectivity index (χ4v) is 4.68. The molecule has 0 atom stereocenters. The van der Waals surface area contributed by atoms with Crippen LogP contribution in [0.2, 0.25) is 0 Å². The van der Waals surface area contributed by atoms with Crippen LogP contribution in [0.5, 0.6) is 0 Å². The molecule has 0 saturated carbocycles. The second-order valence-electron chi connectivity index (χ2n) is 8.23. The molecule has 0 bridgehead atoms. The molecule has 12 heteroatoms. The molecular formula is C25H17F2N7O2S. The number of halogens is 2. The first-order valence-electron chi connectivity index (χ1n) is 10.9. The molecule has 0 amide bonds. The van der Waals surface area contributed by atoms with Crippen LogP contribution in [0.1, 0.15) is 21.7 Å². The molecule has 1 N–H and O–H groups in total. The third kappa shape index (κ3) is 4.60. The molecule has 184 valence electrons. The van der Waals surface area contributed by atoms with Gasteiger partial charge in [0.2, 0.25) is 5.95 Å². The Kier molecular flexibility index (Phi) is 6.06. The Balaban J connectivity index is 1.69. The van der Waals surface area contributed by atoms with Gasteiger partial charge in [-0.05, 0) is 49.2 Å². The number of benzene rings is 2. The first-order valence-corrected chi connectivity index (χ1v) is 11.7. The van der Waals surface area contributed by atoms with Gasteiger partial charge in [-0.25, -0.2) is 27.9 Å². The average Bonchev–Trinajstić information content (AvgIpc) is 3.21. The van der Waals surface area contributed by atoms with Crippen LogP contribution >= 0.6 is 11.3 Å². The van der Waals surface area contributed by atoms with E-state index in [0.29, 0.717) is 21.3 Å². The second-order valence-corrected chi connectivity index (χ2v) is 9.46. The monoisotopic (exact) mass is 517 g/mol. The lowest BCUT2D eigenvalue weighted by molar-refractivity contribution is 0.618. The van der Waals surface area contributed by atoms with Gasteiger partial charge in [0.25, 0.3) is 0 Å². The predicted molar refractivity (Wildman–Crippen MR) is 134 cm³/mol. The Morgan fingerprint density at radius 3 is 2.62 bits per heavy atom. The van der Waals surface area contributed by atoms with Gasteiger partial charge in [0.05, 0.1) is 44.9 Å². The van der Waals surface area contributed by atoms with Crippen LogP contribution < -0.4 is 16.7 Å². The van der Waals surface area contributed by atoms with Crippen molar-refractivity contribution in [3.05, 3.63) is 103 Å². The van der Waals surface area contributed by atoms with E-state index < -0.39 is 23.0 Å². The number of fused-ring (bicyclic) bond motifs is 1. The molecule has 0 fully saturated rings. The van der Waals surface area contributed by atoms with E-state index in [4.69, 9.17) is 0 Å². The van der Waals surface area contributed by atoms with Gasteiger partial charge >= 0.3 is 11.4 Å². The molecule has 0 aliphatic rings. The summed E-state index contributed by atoms with van der Waals surface area (Å²) in [6, 6.07) is 9.94. The van der Waals surface area contributed by atoms with Gasteiger partial charge in [-0.2, -0.15) is 10.2 Å². The topological polar surface area (TPSA) is 118 Å². The molecule has 0 spiro atoms. The highest BCUT2D eigenvalue weighted by Crippen LogP contribution is 2.29. The molecular weight excluding hydrogens is 500 g/mol. The number of hydrogen-bond donors (Lipinski definition) is 1. The number of nitrogens with one attached hydrogen (secondary N) is 1. The molecule has 9 nitrogen and oxygen atoms in total. The van der Waals surface area contributed by atoms with Gasteiger partial charge in [0.1, 0.15) is 17.7 Å². The van der Waals surface area contributed by atoms with Crippen LogP contribution in [-0.4, -0.2) is 24.1 Å². The van der Waals surface area contributed by atoms with E-state index >= 15 is 0 Å². The molecule has 0 aliphatic carbocycles. The predicted octanol–water partition coefficient (Wildman–Crippen LogP) is 3.96. The first kappa shape index (κ1) is 24.0. The SMILES string of the molecule is Cc1cncc(-n2c(=O)nc(Nc3cc4sc(C)nc4cc3F)n(Cc3ccc(F)c(C#N)c3)c2=O)c1. The third-order valence-corrected chi connectivity index (χ3v) is 6.45. The smallest absolute Gasteiger partial charge is 0.323 e. The van der Waals surface area contributed by atoms with Crippen LogP contribution in [0.15, 0.2) is 58.4 Å². The number of anilines is 2. The van der Waals surface area contributed by atoms with Gasteiger partial charge in [-0.1, -0.05) is 6.07 Å². The zero-order valence-electron chi connectivity index (χ0n) is 19.5. The molecule has 37 heavy (non-hydrogen) atoms. The van der Waals surface area contributed by atoms with Crippen molar-refractivity contribution < 1.29 is 8.78 Å². The molecule has 3 heterocycles. The van der Waals surface area contributed by atoms with Crippen LogP contribution in [0.3, 0.4) is 0 Å². The molecule has 3 aromatic heterocycles. The van der Waals surface area contributed by atoms with Crippen molar-refractivity contribution in [3.8, 4) is 11.8 Å². The Labute approximate surface area is 211 Å². The minimum absolute atomic E-state index is 0.0111. The largest absolute Gasteiger partial charge is 0.359 e. The number of pyridine rings is 1. The number of nitrogens with zero attached hydrogens (tertiary/aromatic N) is 6. The fraction of sp³-hybridized carbons (Fsp3) is 0.120. The van der Waals surface area contributed by atoms with Gasteiger partial charge in [0.15, 0.2) is 0 Å². The van der Waals surface area contributed by atoms with Crippen molar-refractivity contribution in [1.82, 2.24) is 24.1 Å². The van der Waals surface area contributed by atoms with Gasteiger partial charge in [0, 0.05) is 12.3 Å². The van der Waals surface area contributed by atoms with Crippen molar-refractivity contribution in [3.63, 3.8) is 0 Å². The maximum atomic E-state index is 14.9. The summed E-state index contributed by atoms with van der Waals surface area (Å²) >= 11 is 1.36. The quantitative estimate of drug-likeness (QED) is 0.375. The number of nitriles is 1. The lowest BCUT2D eigenvalue weighted by Crippen LogP contribution is -2.41. The Morgan fingerprint density at radius 1 is 1.05 bits per heavy atom. The third-order valence-electron chi connectivity index (χ3n) is 5.51. The summed E-state index contributed by atoms with van der Waals surface area (Å²) in [6.07, 6.45) is 2.92. The number of rotatable bonds is 5. The van der Waals surface area contributed by atoms with E-state index in [0.717, 1.165) is 20.2 Å². The van der Waals surface area contributed by atoms with Crippen LogP contribution in [0, 0.1) is 36.8 Å². The molecule has 0 aliphatic heterocycles. The Hall–Kier alpha value is -4.76. The second kappa shape index (κ2) is 9.36. The maximum absolute atomic E-state index is 14.9. The minimum atomic E-state index is -0.900. The maximum Gasteiger partial charge on any atom is 0.359 e. The summed E-state index contributed by atoms with van der Waals surface area (Å²) in [6.45, 7) is 3.37. The Morgan fingerprint density at radius 2 is 1.86 bits per heavy atom. The van der Waals surface area contributed by atoms with Crippen molar-refractivity contribution in [2.24, 2.45) is 0 Å². The summed E-state index contributed by atoms with van der Waals surface area (Å²) in [5, 5.41) is 12.7. The number of aromatic nitrogens is 5. The normalized spacial score (nSPS) is 11.0. The molecule has 0 saturated heterocycles. The minimum Gasteiger partial charge on any atom is -0.323 e. The van der Waals surface area contributed by atoms with E-state index in [1.54, 1.807) is 32.2 Å². The summed E-state index contributed by atoms with van der Waals surface area (Å²) in [5.41, 5.74) is -0.113. The number of thiazole rings is 1. The molecule has 0 radical (unpaired) electrons.